The fraction of sp³-hybridized carbons (Fsp3) is 0.214. The average Bonchev–Trinajstić information content (AvgIpc) is 2.91. The Balaban J connectivity index is 1.56. The average molecular weight is 489 g/mol. The van der Waals surface area contributed by atoms with Crippen LogP contribution in [0.15, 0.2) is 91.0 Å². The van der Waals surface area contributed by atoms with Crippen molar-refractivity contribution in [2.75, 3.05) is 6.61 Å². The third-order valence-corrected chi connectivity index (χ3v) is 5.30. The van der Waals surface area contributed by atoms with E-state index in [0.717, 1.165) is 11.1 Å². The fourth-order valence-electron chi connectivity index (χ4n) is 3.28. The lowest BCUT2D eigenvalue weighted by atomic mass is 10.0. The molecular formula is C28H28N2O6. The summed E-state index contributed by atoms with van der Waals surface area (Å²) in [7, 11) is 0. The summed E-state index contributed by atoms with van der Waals surface area (Å²) in [6.45, 7) is 1.04. The third kappa shape index (κ3) is 8.39. The molecule has 186 valence electrons. The van der Waals surface area contributed by atoms with E-state index in [9.17, 15) is 19.2 Å². The molecular weight excluding hydrogens is 460 g/mol. The Morgan fingerprint density at radius 3 is 1.89 bits per heavy atom. The highest BCUT2D eigenvalue weighted by molar-refractivity contribution is 5.95. The van der Waals surface area contributed by atoms with Gasteiger partial charge in [-0.15, -0.1) is 0 Å². The molecule has 0 saturated heterocycles. The van der Waals surface area contributed by atoms with Crippen molar-refractivity contribution < 1.29 is 28.7 Å². The molecule has 3 aromatic rings. The van der Waals surface area contributed by atoms with Crippen LogP contribution in [0, 0.1) is 0 Å². The summed E-state index contributed by atoms with van der Waals surface area (Å²) in [6.07, 6.45) is -0.567. The second-order valence-corrected chi connectivity index (χ2v) is 8.09. The second kappa shape index (κ2) is 13.4. The number of Topliss-reactive ketones (excluding diaryl/α,β-unsaturated/α-hetero) is 1. The van der Waals surface area contributed by atoms with Crippen molar-refractivity contribution >= 4 is 23.8 Å². The van der Waals surface area contributed by atoms with E-state index < -0.39 is 42.4 Å². The van der Waals surface area contributed by atoms with Crippen molar-refractivity contribution in [2.45, 2.75) is 32.0 Å². The predicted octanol–water partition coefficient (Wildman–Crippen LogP) is 3.45. The number of benzene rings is 3. The Labute approximate surface area is 209 Å². The van der Waals surface area contributed by atoms with Crippen LogP contribution in [0.25, 0.3) is 0 Å². The number of carbonyl (C=O) groups is 4. The summed E-state index contributed by atoms with van der Waals surface area (Å²) in [5.74, 6) is -1.68. The molecule has 0 bridgehead atoms. The van der Waals surface area contributed by atoms with Crippen LogP contribution in [0.1, 0.15) is 28.4 Å². The number of ketones is 1. The quantitative estimate of drug-likeness (QED) is 0.400. The predicted molar refractivity (Wildman–Crippen MR) is 133 cm³/mol. The zero-order valence-corrected chi connectivity index (χ0v) is 19.9. The Hall–Kier alpha value is -4.46. The monoisotopic (exact) mass is 488 g/mol. The number of nitrogens with one attached hydrogen (secondary N) is 2. The van der Waals surface area contributed by atoms with Crippen LogP contribution in [-0.2, 0) is 32.1 Å². The van der Waals surface area contributed by atoms with Crippen molar-refractivity contribution in [1.82, 2.24) is 10.6 Å². The number of carbonyl (C=O) groups excluding carboxylic acids is 4. The maximum Gasteiger partial charge on any atom is 0.408 e. The van der Waals surface area contributed by atoms with Crippen molar-refractivity contribution in [3.8, 4) is 0 Å². The number of rotatable bonds is 11. The van der Waals surface area contributed by atoms with Crippen molar-refractivity contribution in [3.05, 3.63) is 108 Å². The van der Waals surface area contributed by atoms with Gasteiger partial charge in [-0.25, -0.2) is 9.59 Å². The van der Waals surface area contributed by atoms with Gasteiger partial charge < -0.3 is 20.1 Å². The summed E-state index contributed by atoms with van der Waals surface area (Å²) < 4.78 is 10.3. The minimum Gasteiger partial charge on any atom is -0.454 e. The second-order valence-electron chi connectivity index (χ2n) is 8.09. The molecule has 0 aliphatic rings. The molecule has 0 heterocycles. The van der Waals surface area contributed by atoms with E-state index in [0.29, 0.717) is 5.56 Å². The minimum absolute atomic E-state index is 0.0496. The normalized spacial score (nSPS) is 12.0. The molecule has 36 heavy (non-hydrogen) atoms. The van der Waals surface area contributed by atoms with Gasteiger partial charge in [-0.3, -0.25) is 9.59 Å². The number of amides is 2. The van der Waals surface area contributed by atoms with Crippen LogP contribution in [0.3, 0.4) is 0 Å². The van der Waals surface area contributed by atoms with Crippen LogP contribution < -0.4 is 10.6 Å². The van der Waals surface area contributed by atoms with Crippen LogP contribution in [0.5, 0.6) is 0 Å². The van der Waals surface area contributed by atoms with Gasteiger partial charge >= 0.3 is 12.1 Å². The summed E-state index contributed by atoms with van der Waals surface area (Å²) in [6, 6.07) is 24.7. The van der Waals surface area contributed by atoms with Crippen LogP contribution in [0.4, 0.5) is 4.79 Å². The van der Waals surface area contributed by atoms with Gasteiger partial charge in [-0.05, 0) is 30.2 Å². The van der Waals surface area contributed by atoms with Gasteiger partial charge in [0, 0.05) is 6.42 Å². The lowest BCUT2D eigenvalue weighted by molar-refractivity contribution is -0.130. The molecule has 0 saturated carbocycles. The first-order chi connectivity index (χ1) is 17.4. The van der Waals surface area contributed by atoms with E-state index in [1.165, 1.54) is 6.92 Å². The Morgan fingerprint density at radius 1 is 0.722 bits per heavy atom. The highest BCUT2D eigenvalue weighted by atomic mass is 16.5. The standard InChI is InChI=1S/C28H28N2O6/c1-20(25(31)19-35-27(33)23-15-9-4-10-16-23)29-26(32)24(17-21-11-5-2-6-12-21)30-28(34)36-18-22-13-7-3-8-14-22/h2-16,20,24H,17-19H2,1H3,(H,29,32)(H,30,34)/t20-,24-/m0/s1. The van der Waals surface area contributed by atoms with Gasteiger partial charge in [0.2, 0.25) is 5.91 Å². The first-order valence-corrected chi connectivity index (χ1v) is 11.5. The maximum absolute atomic E-state index is 13.0. The van der Waals surface area contributed by atoms with Crippen LogP contribution >= 0.6 is 0 Å². The molecule has 8 nitrogen and oxygen atoms in total. The number of hydrogen-bond donors (Lipinski definition) is 2. The molecule has 2 atom stereocenters. The molecule has 3 rings (SSSR count). The molecule has 8 heteroatoms. The molecule has 2 N–H and O–H groups in total. The lowest BCUT2D eigenvalue weighted by Crippen LogP contribution is -2.52. The fourth-order valence-corrected chi connectivity index (χ4v) is 3.28. The summed E-state index contributed by atoms with van der Waals surface area (Å²) in [5, 5.41) is 5.17. The van der Waals surface area contributed by atoms with Crippen molar-refractivity contribution in [1.29, 1.82) is 0 Å². The maximum atomic E-state index is 13.0. The smallest absolute Gasteiger partial charge is 0.408 e. The molecule has 0 radical (unpaired) electrons. The highest BCUT2D eigenvalue weighted by Gasteiger charge is 2.26. The van der Waals surface area contributed by atoms with Gasteiger partial charge in [0.1, 0.15) is 12.6 Å². The molecule has 0 aliphatic heterocycles. The Bertz CT molecular complexity index is 1150. The molecule has 0 aliphatic carbocycles. The van der Waals surface area contributed by atoms with Gasteiger partial charge in [0.05, 0.1) is 11.6 Å². The third-order valence-electron chi connectivity index (χ3n) is 5.30. The van der Waals surface area contributed by atoms with E-state index >= 15 is 0 Å². The lowest BCUT2D eigenvalue weighted by Gasteiger charge is -2.21. The first-order valence-electron chi connectivity index (χ1n) is 11.5. The zero-order chi connectivity index (χ0) is 25.8. The van der Waals surface area contributed by atoms with Gasteiger partial charge in [-0.2, -0.15) is 0 Å². The number of alkyl carbamates (subject to hydrolysis) is 1. The Kier molecular flexibility index (Phi) is 9.76. The van der Waals surface area contributed by atoms with Gasteiger partial charge in [0.25, 0.3) is 0 Å². The van der Waals surface area contributed by atoms with E-state index in [1.807, 2.05) is 60.7 Å². The van der Waals surface area contributed by atoms with E-state index in [4.69, 9.17) is 9.47 Å². The van der Waals surface area contributed by atoms with Crippen molar-refractivity contribution in [2.24, 2.45) is 0 Å². The van der Waals surface area contributed by atoms with E-state index in [2.05, 4.69) is 10.6 Å². The van der Waals surface area contributed by atoms with Crippen LogP contribution in [0.2, 0.25) is 0 Å². The number of esters is 1. The van der Waals surface area contributed by atoms with Gasteiger partial charge in [0.15, 0.2) is 12.4 Å². The SMILES string of the molecule is C[C@H](NC(=O)[C@H](Cc1ccccc1)NC(=O)OCc1ccccc1)C(=O)COC(=O)c1ccccc1. The first kappa shape index (κ1) is 26.2. The molecule has 0 spiro atoms. The molecule has 0 fully saturated rings. The minimum atomic E-state index is -0.988. The van der Waals surface area contributed by atoms with Crippen LogP contribution in [-0.4, -0.2) is 42.4 Å². The summed E-state index contributed by atoms with van der Waals surface area (Å²) in [5.41, 5.74) is 1.95. The highest BCUT2D eigenvalue weighted by Crippen LogP contribution is 2.06. The van der Waals surface area contributed by atoms with Crippen molar-refractivity contribution in [3.63, 3.8) is 0 Å². The summed E-state index contributed by atoms with van der Waals surface area (Å²) >= 11 is 0. The molecule has 3 aromatic carbocycles. The Morgan fingerprint density at radius 2 is 1.28 bits per heavy atom. The largest absolute Gasteiger partial charge is 0.454 e. The zero-order valence-electron chi connectivity index (χ0n) is 19.9. The molecule has 2 amide bonds. The molecule has 0 unspecified atom stereocenters. The number of hydrogen-bond acceptors (Lipinski definition) is 6. The topological polar surface area (TPSA) is 111 Å². The molecule has 0 aromatic heterocycles. The van der Waals surface area contributed by atoms with Gasteiger partial charge in [-0.1, -0.05) is 78.9 Å². The number of ether oxygens (including phenoxy) is 2. The summed E-state index contributed by atoms with van der Waals surface area (Å²) in [4.78, 5) is 49.9. The van der Waals surface area contributed by atoms with E-state index in [-0.39, 0.29) is 13.0 Å². The van der Waals surface area contributed by atoms with E-state index in [1.54, 1.807) is 30.3 Å².